The maximum absolute atomic E-state index is 12.1. The summed E-state index contributed by atoms with van der Waals surface area (Å²) in [6.07, 6.45) is 0.836. The van der Waals surface area contributed by atoms with E-state index in [2.05, 4.69) is 17.4 Å². The van der Waals surface area contributed by atoms with Gasteiger partial charge >= 0.3 is 6.03 Å². The van der Waals surface area contributed by atoms with Crippen molar-refractivity contribution in [2.45, 2.75) is 13.0 Å². The molecule has 2 rings (SSSR count). The zero-order valence-corrected chi connectivity index (χ0v) is 13.1. The molecule has 0 atom stereocenters. The maximum Gasteiger partial charge on any atom is 0.317 e. The molecule has 4 heteroatoms. The van der Waals surface area contributed by atoms with Gasteiger partial charge < -0.3 is 15.0 Å². The molecular formula is C18H22N2O2. The third-order valence-electron chi connectivity index (χ3n) is 3.46. The molecule has 0 aliphatic carbocycles. The molecule has 2 amide bonds. The number of urea groups is 1. The largest absolute Gasteiger partial charge is 0.497 e. The van der Waals surface area contributed by atoms with Crippen LogP contribution in [0.1, 0.15) is 11.1 Å². The van der Waals surface area contributed by atoms with Crippen LogP contribution in [0.4, 0.5) is 4.79 Å². The van der Waals surface area contributed by atoms with Crippen molar-refractivity contribution in [3.63, 3.8) is 0 Å². The van der Waals surface area contributed by atoms with Gasteiger partial charge in [-0.2, -0.15) is 0 Å². The number of carbonyl (C=O) groups excluding carboxylic acids is 1. The Morgan fingerprint density at radius 3 is 2.36 bits per heavy atom. The van der Waals surface area contributed by atoms with Gasteiger partial charge in [-0.15, -0.1) is 0 Å². The van der Waals surface area contributed by atoms with Gasteiger partial charge in [-0.05, 0) is 29.7 Å². The second-order valence-corrected chi connectivity index (χ2v) is 5.17. The lowest BCUT2D eigenvalue weighted by molar-refractivity contribution is 0.207. The highest BCUT2D eigenvalue weighted by atomic mass is 16.5. The van der Waals surface area contributed by atoms with E-state index in [1.165, 1.54) is 5.56 Å². The van der Waals surface area contributed by atoms with E-state index < -0.39 is 0 Å². The predicted molar refractivity (Wildman–Crippen MR) is 88.0 cm³/mol. The van der Waals surface area contributed by atoms with E-state index >= 15 is 0 Å². The third kappa shape index (κ3) is 4.81. The Bertz CT molecular complexity index is 582. The Balaban J connectivity index is 1.76. The summed E-state index contributed by atoms with van der Waals surface area (Å²) in [6.45, 7) is 1.21. The average molecular weight is 298 g/mol. The Morgan fingerprint density at radius 2 is 1.73 bits per heavy atom. The van der Waals surface area contributed by atoms with Crippen molar-refractivity contribution >= 4 is 6.03 Å². The molecule has 0 unspecified atom stereocenters. The lowest BCUT2D eigenvalue weighted by atomic mass is 10.1. The molecule has 2 aromatic rings. The van der Waals surface area contributed by atoms with Crippen molar-refractivity contribution in [2.75, 3.05) is 20.7 Å². The van der Waals surface area contributed by atoms with Crippen LogP contribution in [0.5, 0.6) is 5.75 Å². The minimum Gasteiger partial charge on any atom is -0.497 e. The van der Waals surface area contributed by atoms with Crippen molar-refractivity contribution in [3.8, 4) is 5.75 Å². The fourth-order valence-electron chi connectivity index (χ4n) is 2.17. The Morgan fingerprint density at radius 1 is 1.05 bits per heavy atom. The summed E-state index contributed by atoms with van der Waals surface area (Å²) in [6, 6.07) is 17.8. The first-order chi connectivity index (χ1) is 10.7. The van der Waals surface area contributed by atoms with Gasteiger partial charge in [0.15, 0.2) is 0 Å². The lowest BCUT2D eigenvalue weighted by Crippen LogP contribution is -2.37. The lowest BCUT2D eigenvalue weighted by Gasteiger charge is -2.18. The number of ether oxygens (including phenoxy) is 1. The minimum absolute atomic E-state index is 0.0632. The van der Waals surface area contributed by atoms with Gasteiger partial charge in [0, 0.05) is 20.1 Å². The SMILES string of the molecule is COc1ccc(CN(C)C(=O)NCCc2ccccc2)cc1. The van der Waals surface area contributed by atoms with Crippen molar-refractivity contribution in [3.05, 3.63) is 65.7 Å². The van der Waals surface area contributed by atoms with Crippen LogP contribution in [0.15, 0.2) is 54.6 Å². The molecular weight excluding hydrogens is 276 g/mol. The van der Waals surface area contributed by atoms with Crippen molar-refractivity contribution < 1.29 is 9.53 Å². The normalized spacial score (nSPS) is 10.1. The molecule has 0 aliphatic heterocycles. The van der Waals surface area contributed by atoms with E-state index in [0.29, 0.717) is 13.1 Å². The van der Waals surface area contributed by atoms with Crippen molar-refractivity contribution in [2.24, 2.45) is 0 Å². The highest BCUT2D eigenvalue weighted by molar-refractivity contribution is 5.73. The molecule has 0 aliphatic rings. The third-order valence-corrected chi connectivity index (χ3v) is 3.46. The standard InChI is InChI=1S/C18H22N2O2/c1-20(14-16-8-10-17(22-2)11-9-16)18(21)19-13-12-15-6-4-3-5-7-15/h3-11H,12-14H2,1-2H3,(H,19,21). The number of hydrogen-bond acceptors (Lipinski definition) is 2. The summed E-state index contributed by atoms with van der Waals surface area (Å²) >= 11 is 0. The number of methoxy groups -OCH3 is 1. The highest BCUT2D eigenvalue weighted by Gasteiger charge is 2.08. The van der Waals surface area contributed by atoms with Crippen LogP contribution in [-0.2, 0) is 13.0 Å². The van der Waals surface area contributed by atoms with Crippen LogP contribution in [0, 0.1) is 0 Å². The van der Waals surface area contributed by atoms with Gasteiger partial charge in [0.1, 0.15) is 5.75 Å². The fourth-order valence-corrected chi connectivity index (χ4v) is 2.17. The Labute approximate surface area is 131 Å². The van der Waals surface area contributed by atoms with Gasteiger partial charge in [0.25, 0.3) is 0 Å². The number of amides is 2. The fraction of sp³-hybridized carbons (Fsp3) is 0.278. The number of rotatable bonds is 6. The van der Waals surface area contributed by atoms with E-state index in [1.807, 2.05) is 42.5 Å². The number of hydrogen-bond donors (Lipinski definition) is 1. The van der Waals surface area contributed by atoms with Gasteiger partial charge in [0.05, 0.1) is 7.11 Å². The summed E-state index contributed by atoms with van der Waals surface area (Å²) < 4.78 is 5.12. The molecule has 4 nitrogen and oxygen atoms in total. The van der Waals surface area contributed by atoms with Crippen LogP contribution >= 0.6 is 0 Å². The smallest absolute Gasteiger partial charge is 0.317 e. The average Bonchev–Trinajstić information content (AvgIpc) is 2.56. The second kappa shape index (κ2) is 8.08. The zero-order valence-electron chi connectivity index (χ0n) is 13.1. The molecule has 0 spiro atoms. The molecule has 0 aromatic heterocycles. The molecule has 0 heterocycles. The van der Waals surface area contributed by atoms with Crippen LogP contribution in [0.3, 0.4) is 0 Å². The minimum atomic E-state index is -0.0632. The first-order valence-electron chi connectivity index (χ1n) is 7.35. The highest BCUT2D eigenvalue weighted by Crippen LogP contribution is 2.12. The van der Waals surface area contributed by atoms with Gasteiger partial charge in [-0.3, -0.25) is 0 Å². The molecule has 2 aromatic carbocycles. The first-order valence-corrected chi connectivity index (χ1v) is 7.35. The van der Waals surface area contributed by atoms with Crippen LogP contribution in [0.25, 0.3) is 0 Å². The van der Waals surface area contributed by atoms with E-state index in [9.17, 15) is 4.79 Å². The summed E-state index contributed by atoms with van der Waals surface area (Å²) in [5, 5.41) is 2.94. The second-order valence-electron chi connectivity index (χ2n) is 5.17. The molecule has 0 bridgehead atoms. The summed E-state index contributed by atoms with van der Waals surface area (Å²) in [4.78, 5) is 13.7. The van der Waals surface area contributed by atoms with E-state index in [1.54, 1.807) is 19.1 Å². The molecule has 22 heavy (non-hydrogen) atoms. The van der Waals surface area contributed by atoms with Crippen molar-refractivity contribution in [1.29, 1.82) is 0 Å². The summed E-state index contributed by atoms with van der Waals surface area (Å²) in [5.74, 6) is 0.818. The molecule has 0 radical (unpaired) electrons. The van der Waals surface area contributed by atoms with Crippen LogP contribution in [-0.4, -0.2) is 31.6 Å². The number of nitrogens with one attached hydrogen (secondary N) is 1. The zero-order chi connectivity index (χ0) is 15.8. The maximum atomic E-state index is 12.1. The predicted octanol–water partition coefficient (Wildman–Crippen LogP) is 3.08. The Hall–Kier alpha value is -2.49. The Kier molecular flexibility index (Phi) is 5.83. The van der Waals surface area contributed by atoms with Crippen LogP contribution < -0.4 is 10.1 Å². The number of nitrogens with zero attached hydrogens (tertiary/aromatic N) is 1. The number of benzene rings is 2. The van der Waals surface area contributed by atoms with E-state index in [0.717, 1.165) is 17.7 Å². The molecule has 116 valence electrons. The molecule has 0 fully saturated rings. The molecule has 0 saturated carbocycles. The van der Waals surface area contributed by atoms with E-state index in [-0.39, 0.29) is 6.03 Å². The van der Waals surface area contributed by atoms with Crippen molar-refractivity contribution in [1.82, 2.24) is 10.2 Å². The quantitative estimate of drug-likeness (QED) is 0.890. The van der Waals surface area contributed by atoms with Gasteiger partial charge in [0.2, 0.25) is 0 Å². The van der Waals surface area contributed by atoms with E-state index in [4.69, 9.17) is 4.74 Å². The topological polar surface area (TPSA) is 41.6 Å². The molecule has 1 N–H and O–H groups in total. The first kappa shape index (κ1) is 15.9. The van der Waals surface area contributed by atoms with Gasteiger partial charge in [-0.25, -0.2) is 4.79 Å². The monoisotopic (exact) mass is 298 g/mol. The van der Waals surface area contributed by atoms with Gasteiger partial charge in [-0.1, -0.05) is 42.5 Å². The molecule has 0 saturated heterocycles. The summed E-state index contributed by atoms with van der Waals surface area (Å²) in [5.41, 5.74) is 2.29. The van der Waals surface area contributed by atoms with Crippen LogP contribution in [0.2, 0.25) is 0 Å². The number of carbonyl (C=O) groups is 1. The summed E-state index contributed by atoms with van der Waals surface area (Å²) in [7, 11) is 3.43.